The molecule has 2 aliphatic rings. The van der Waals surface area contributed by atoms with E-state index in [9.17, 15) is 14.0 Å². The van der Waals surface area contributed by atoms with Crippen molar-refractivity contribution in [3.05, 3.63) is 64.8 Å². The Morgan fingerprint density at radius 2 is 1.79 bits per heavy atom. The number of ether oxygens (including phenoxy) is 2. The molecule has 0 saturated carbocycles. The van der Waals surface area contributed by atoms with Gasteiger partial charge >= 0.3 is 11.7 Å². The van der Waals surface area contributed by atoms with Crippen LogP contribution < -0.4 is 10.4 Å². The highest BCUT2D eigenvalue weighted by Gasteiger charge is 2.45. The monoisotopic (exact) mass is 465 g/mol. The second kappa shape index (κ2) is 8.46. The van der Waals surface area contributed by atoms with Crippen LogP contribution in [0.25, 0.3) is 22.1 Å². The molecule has 1 amide bonds. The molecule has 0 radical (unpaired) electrons. The van der Waals surface area contributed by atoms with E-state index in [4.69, 9.17) is 13.9 Å². The molecule has 0 spiro atoms. The van der Waals surface area contributed by atoms with Crippen molar-refractivity contribution in [3.63, 3.8) is 0 Å². The molecule has 1 unspecified atom stereocenters. The highest BCUT2D eigenvalue weighted by atomic mass is 19.1. The van der Waals surface area contributed by atoms with E-state index in [1.807, 2.05) is 37.8 Å². The lowest BCUT2D eigenvalue weighted by Gasteiger charge is -2.39. The Balaban J connectivity index is 1.32. The summed E-state index contributed by atoms with van der Waals surface area (Å²) < 4.78 is 31.0. The minimum Gasteiger partial charge on any atom is -0.490 e. The molecule has 1 aromatic heterocycles. The van der Waals surface area contributed by atoms with Crippen LogP contribution in [0.2, 0.25) is 0 Å². The van der Waals surface area contributed by atoms with E-state index >= 15 is 0 Å². The average Bonchev–Trinajstić information content (AvgIpc) is 3.03. The van der Waals surface area contributed by atoms with E-state index in [1.165, 1.54) is 12.1 Å². The Labute approximate surface area is 197 Å². The minimum absolute atomic E-state index is 0.0353. The Hall–Kier alpha value is -3.35. The normalized spacial score (nSPS) is 22.1. The smallest absolute Gasteiger partial charge is 0.410 e. The van der Waals surface area contributed by atoms with Gasteiger partial charge in [0.25, 0.3) is 0 Å². The molecular weight excluding hydrogens is 437 g/mol. The Kier molecular flexibility index (Phi) is 5.58. The van der Waals surface area contributed by atoms with Gasteiger partial charge in [-0.2, -0.15) is 0 Å². The van der Waals surface area contributed by atoms with Crippen LogP contribution in [0, 0.1) is 5.82 Å². The van der Waals surface area contributed by atoms with Crippen LogP contribution in [0.3, 0.4) is 0 Å². The fourth-order valence-electron chi connectivity index (χ4n) is 5.05. The van der Waals surface area contributed by atoms with Gasteiger partial charge in [0.1, 0.15) is 28.9 Å². The number of piperidine rings is 1. The van der Waals surface area contributed by atoms with Gasteiger partial charge in [-0.1, -0.05) is 12.1 Å². The molecule has 2 fully saturated rings. The van der Waals surface area contributed by atoms with E-state index in [-0.39, 0.29) is 24.3 Å². The van der Waals surface area contributed by atoms with E-state index < -0.39 is 17.0 Å². The van der Waals surface area contributed by atoms with Gasteiger partial charge in [0, 0.05) is 36.4 Å². The molecule has 3 heterocycles. The molecule has 0 aliphatic carbocycles. The number of carbonyl (C=O) groups is 1. The first-order chi connectivity index (χ1) is 16.2. The first kappa shape index (κ1) is 22.4. The number of amides is 1. The van der Waals surface area contributed by atoms with Crippen LogP contribution in [0.1, 0.15) is 46.5 Å². The zero-order chi connectivity index (χ0) is 24.0. The summed E-state index contributed by atoms with van der Waals surface area (Å²) in [7, 11) is 0. The first-order valence-corrected chi connectivity index (χ1v) is 11.7. The highest BCUT2D eigenvalue weighted by molar-refractivity contribution is 5.82. The lowest BCUT2D eigenvalue weighted by Crippen LogP contribution is -2.50. The summed E-state index contributed by atoms with van der Waals surface area (Å²) in [6, 6.07) is 13.2. The summed E-state index contributed by atoms with van der Waals surface area (Å²) in [5.74, 6) is 0.205. The van der Waals surface area contributed by atoms with Gasteiger partial charge in [-0.15, -0.1) is 0 Å². The summed E-state index contributed by atoms with van der Waals surface area (Å²) in [5, 5.41) is 0.728. The van der Waals surface area contributed by atoms with Crippen molar-refractivity contribution < 1.29 is 23.1 Å². The number of hydrogen-bond donors (Lipinski definition) is 0. The quantitative estimate of drug-likeness (QED) is 0.450. The van der Waals surface area contributed by atoms with Gasteiger partial charge in [0.15, 0.2) is 0 Å². The van der Waals surface area contributed by atoms with Crippen molar-refractivity contribution in [2.45, 2.75) is 70.2 Å². The van der Waals surface area contributed by atoms with Crippen molar-refractivity contribution in [3.8, 4) is 16.9 Å². The molecule has 7 heteroatoms. The minimum atomic E-state index is -0.529. The van der Waals surface area contributed by atoms with Gasteiger partial charge in [0.05, 0.1) is 5.56 Å². The third-order valence-electron chi connectivity index (χ3n) is 6.44. The number of benzene rings is 2. The number of rotatable bonds is 3. The predicted octanol–water partition coefficient (Wildman–Crippen LogP) is 5.91. The second-order valence-electron chi connectivity index (χ2n) is 10.1. The van der Waals surface area contributed by atoms with E-state index in [2.05, 4.69) is 0 Å². The maximum atomic E-state index is 13.6. The zero-order valence-electron chi connectivity index (χ0n) is 19.5. The Morgan fingerprint density at radius 1 is 1.06 bits per heavy atom. The van der Waals surface area contributed by atoms with Crippen molar-refractivity contribution >= 4 is 17.1 Å². The molecule has 5 rings (SSSR count). The molecule has 3 aromatic rings. The summed E-state index contributed by atoms with van der Waals surface area (Å²) in [6.07, 6.45) is 3.07. The Morgan fingerprint density at radius 3 is 2.47 bits per heavy atom. The van der Waals surface area contributed by atoms with Crippen LogP contribution in [0.4, 0.5) is 9.18 Å². The third-order valence-corrected chi connectivity index (χ3v) is 6.44. The fraction of sp³-hybridized carbons (Fsp3) is 0.407. The molecule has 6 nitrogen and oxygen atoms in total. The SMILES string of the molecule is CC(C)(C)OC(=O)N1[C@@H]2CC[C@H]1CC(Oc1ccc3cc(-c4cccc(F)c4)c(=O)oc3c1)C2. The fourth-order valence-corrected chi connectivity index (χ4v) is 5.05. The van der Waals surface area contributed by atoms with Crippen LogP contribution in [-0.2, 0) is 4.74 Å². The van der Waals surface area contributed by atoms with Crippen LogP contribution in [-0.4, -0.2) is 34.8 Å². The van der Waals surface area contributed by atoms with Gasteiger partial charge in [0.2, 0.25) is 0 Å². The van der Waals surface area contributed by atoms with E-state index in [0.717, 1.165) is 31.1 Å². The summed E-state index contributed by atoms with van der Waals surface area (Å²) in [4.78, 5) is 27.1. The lowest BCUT2D eigenvalue weighted by atomic mass is 10.00. The van der Waals surface area contributed by atoms with Gasteiger partial charge < -0.3 is 18.8 Å². The number of fused-ring (bicyclic) bond motifs is 3. The second-order valence-corrected chi connectivity index (χ2v) is 10.1. The van der Waals surface area contributed by atoms with Crippen molar-refractivity contribution in [2.24, 2.45) is 0 Å². The molecule has 2 bridgehead atoms. The average molecular weight is 466 g/mol. The third kappa shape index (κ3) is 4.52. The maximum Gasteiger partial charge on any atom is 0.410 e. The number of nitrogens with zero attached hydrogens (tertiary/aromatic N) is 1. The highest BCUT2D eigenvalue weighted by Crippen LogP contribution is 2.38. The predicted molar refractivity (Wildman–Crippen MR) is 126 cm³/mol. The molecule has 2 aromatic carbocycles. The van der Waals surface area contributed by atoms with Crippen molar-refractivity contribution in [1.29, 1.82) is 0 Å². The van der Waals surface area contributed by atoms with E-state index in [1.54, 1.807) is 24.3 Å². The first-order valence-electron chi connectivity index (χ1n) is 11.7. The topological polar surface area (TPSA) is 69.0 Å². The van der Waals surface area contributed by atoms with Gasteiger partial charge in [-0.25, -0.2) is 14.0 Å². The van der Waals surface area contributed by atoms with Crippen molar-refractivity contribution in [1.82, 2.24) is 4.90 Å². The molecule has 2 saturated heterocycles. The lowest BCUT2D eigenvalue weighted by molar-refractivity contribution is -0.00706. The number of halogens is 1. The molecular formula is C27H28FNO5. The summed E-state index contributed by atoms with van der Waals surface area (Å²) >= 11 is 0. The van der Waals surface area contributed by atoms with Crippen LogP contribution in [0.15, 0.2) is 57.7 Å². The van der Waals surface area contributed by atoms with Gasteiger partial charge in [-0.05, 0) is 69.5 Å². The van der Waals surface area contributed by atoms with Gasteiger partial charge in [-0.3, -0.25) is 0 Å². The zero-order valence-corrected chi connectivity index (χ0v) is 19.5. The molecule has 178 valence electrons. The van der Waals surface area contributed by atoms with Crippen LogP contribution in [0.5, 0.6) is 5.75 Å². The maximum absolute atomic E-state index is 13.6. The molecule has 2 aliphatic heterocycles. The van der Waals surface area contributed by atoms with E-state index in [0.29, 0.717) is 22.5 Å². The summed E-state index contributed by atoms with van der Waals surface area (Å²) in [6.45, 7) is 5.63. The molecule has 3 atom stereocenters. The number of hydrogen-bond acceptors (Lipinski definition) is 5. The Bertz CT molecular complexity index is 1280. The molecule has 34 heavy (non-hydrogen) atoms. The van der Waals surface area contributed by atoms with Crippen LogP contribution >= 0.6 is 0 Å². The van der Waals surface area contributed by atoms with Crippen molar-refractivity contribution in [2.75, 3.05) is 0 Å². The standard InChI is InChI=1S/C27H28FNO5/c1-27(2,3)34-26(31)29-19-8-9-20(29)14-22(13-19)32-21-10-7-17-12-23(25(30)33-24(17)15-21)16-5-4-6-18(28)11-16/h4-7,10-12,15,19-20,22H,8-9,13-14H2,1-3H3/t19-,20+,22?. The summed E-state index contributed by atoms with van der Waals surface area (Å²) in [5.41, 5.74) is 0.152. The largest absolute Gasteiger partial charge is 0.490 e. The number of carbonyl (C=O) groups excluding carboxylic acids is 1. The molecule has 0 N–H and O–H groups in total.